The van der Waals surface area contributed by atoms with Gasteiger partial charge in [-0.1, -0.05) is 37.1 Å². The van der Waals surface area contributed by atoms with Gasteiger partial charge < -0.3 is 20.3 Å². The summed E-state index contributed by atoms with van der Waals surface area (Å²) in [5.74, 6) is 0.0675. The fraction of sp³-hybridized carbons (Fsp3) is 0.519. The van der Waals surface area contributed by atoms with Gasteiger partial charge in [0, 0.05) is 43.0 Å². The zero-order chi connectivity index (χ0) is 21.8. The molecular formula is C27H35N3O2. The first-order valence-corrected chi connectivity index (χ1v) is 12.3. The predicted octanol–water partition coefficient (Wildman–Crippen LogP) is 4.23. The van der Waals surface area contributed by atoms with Gasteiger partial charge in [-0.2, -0.15) is 0 Å². The number of carbonyl (C=O) groups excluding carboxylic acids is 1. The molecule has 170 valence electrons. The van der Waals surface area contributed by atoms with E-state index in [1.807, 2.05) is 12.1 Å². The van der Waals surface area contributed by atoms with E-state index in [1.165, 1.54) is 29.7 Å². The molecule has 0 unspecified atom stereocenters. The van der Waals surface area contributed by atoms with Crippen molar-refractivity contribution in [3.63, 3.8) is 0 Å². The highest BCUT2D eigenvalue weighted by molar-refractivity contribution is 5.94. The van der Waals surface area contributed by atoms with E-state index in [-0.39, 0.29) is 12.0 Å². The molecule has 5 nitrogen and oxygen atoms in total. The van der Waals surface area contributed by atoms with Crippen LogP contribution in [0.1, 0.15) is 66.1 Å². The topological polar surface area (TPSA) is 53.6 Å². The number of rotatable bonds is 6. The number of ether oxygens (including phenoxy) is 1. The third-order valence-corrected chi connectivity index (χ3v) is 7.36. The molecule has 5 heteroatoms. The zero-order valence-electron chi connectivity index (χ0n) is 18.9. The van der Waals surface area contributed by atoms with E-state index in [0.29, 0.717) is 12.1 Å². The molecule has 0 radical (unpaired) electrons. The van der Waals surface area contributed by atoms with E-state index in [4.69, 9.17) is 4.74 Å². The van der Waals surface area contributed by atoms with Crippen molar-refractivity contribution in [3.8, 4) is 0 Å². The quantitative estimate of drug-likeness (QED) is 0.716. The van der Waals surface area contributed by atoms with Gasteiger partial charge in [0.25, 0.3) is 5.91 Å². The van der Waals surface area contributed by atoms with Crippen LogP contribution in [0.4, 0.5) is 5.69 Å². The Morgan fingerprint density at radius 1 is 0.938 bits per heavy atom. The minimum atomic E-state index is 0.0675. The lowest BCUT2D eigenvalue weighted by molar-refractivity contribution is 0.0401. The summed E-state index contributed by atoms with van der Waals surface area (Å²) in [4.78, 5) is 14.9. The molecule has 0 aromatic heterocycles. The van der Waals surface area contributed by atoms with Crippen molar-refractivity contribution in [2.75, 3.05) is 31.1 Å². The molecule has 2 aromatic rings. The average molecular weight is 434 g/mol. The van der Waals surface area contributed by atoms with Crippen LogP contribution in [0, 0.1) is 0 Å². The Bertz CT molecular complexity index is 899. The monoisotopic (exact) mass is 433 g/mol. The summed E-state index contributed by atoms with van der Waals surface area (Å²) in [5.41, 5.74) is 4.76. The summed E-state index contributed by atoms with van der Waals surface area (Å²) >= 11 is 0. The molecule has 0 bridgehead atoms. The maximum absolute atomic E-state index is 12.5. The van der Waals surface area contributed by atoms with Crippen molar-refractivity contribution in [2.45, 2.75) is 63.1 Å². The fourth-order valence-corrected chi connectivity index (χ4v) is 5.42. The molecule has 2 aromatic carbocycles. The number of nitrogens with zero attached hydrogens (tertiary/aromatic N) is 1. The summed E-state index contributed by atoms with van der Waals surface area (Å²) in [6.07, 6.45) is 8.13. The van der Waals surface area contributed by atoms with Crippen LogP contribution in [-0.2, 0) is 11.2 Å². The number of piperidine rings is 1. The minimum Gasteiger partial charge on any atom is -0.372 e. The van der Waals surface area contributed by atoms with E-state index in [2.05, 4.69) is 51.9 Å². The van der Waals surface area contributed by atoms with Crippen molar-refractivity contribution in [2.24, 2.45) is 0 Å². The summed E-state index contributed by atoms with van der Waals surface area (Å²) in [5, 5.41) is 6.93. The number of hydrogen-bond donors (Lipinski definition) is 2. The van der Waals surface area contributed by atoms with Crippen LogP contribution in [0.5, 0.6) is 0 Å². The van der Waals surface area contributed by atoms with Gasteiger partial charge in [0.05, 0.1) is 12.7 Å². The standard InChI is InChI=1S/C27H35N3O2/c31-27(29-23-6-2-3-7-23)21-9-11-24(12-10-21)30-16-13-22(14-17-30)28-19-26-25-8-4-1-5-20(25)15-18-32-26/h1,4-5,8-12,22-23,26,28H,2-3,6-7,13-19H2,(H,29,31)/t26-/m0/s1. The molecule has 5 rings (SSSR count). The molecule has 2 heterocycles. The van der Waals surface area contributed by atoms with Gasteiger partial charge in [0.2, 0.25) is 0 Å². The highest BCUT2D eigenvalue weighted by Crippen LogP contribution is 2.27. The lowest BCUT2D eigenvalue weighted by Crippen LogP contribution is -2.44. The lowest BCUT2D eigenvalue weighted by Gasteiger charge is -2.35. The molecular weight excluding hydrogens is 398 g/mol. The third kappa shape index (κ3) is 5.00. The van der Waals surface area contributed by atoms with Gasteiger partial charge >= 0.3 is 0 Å². The Morgan fingerprint density at radius 2 is 1.69 bits per heavy atom. The molecule has 2 fully saturated rings. The third-order valence-electron chi connectivity index (χ3n) is 7.36. The van der Waals surface area contributed by atoms with Crippen LogP contribution in [0.15, 0.2) is 48.5 Å². The molecule has 1 saturated carbocycles. The smallest absolute Gasteiger partial charge is 0.251 e. The van der Waals surface area contributed by atoms with Crippen molar-refractivity contribution >= 4 is 11.6 Å². The Balaban J connectivity index is 1.09. The van der Waals surface area contributed by atoms with Gasteiger partial charge in [-0.3, -0.25) is 4.79 Å². The lowest BCUT2D eigenvalue weighted by atomic mass is 9.97. The molecule has 32 heavy (non-hydrogen) atoms. The van der Waals surface area contributed by atoms with E-state index in [0.717, 1.165) is 63.9 Å². The first-order valence-electron chi connectivity index (χ1n) is 12.3. The first-order chi connectivity index (χ1) is 15.8. The largest absolute Gasteiger partial charge is 0.372 e. The van der Waals surface area contributed by atoms with E-state index >= 15 is 0 Å². The maximum atomic E-state index is 12.5. The van der Waals surface area contributed by atoms with Crippen molar-refractivity contribution in [1.82, 2.24) is 10.6 Å². The van der Waals surface area contributed by atoms with Gasteiger partial charge in [-0.25, -0.2) is 0 Å². The molecule has 2 aliphatic heterocycles. The van der Waals surface area contributed by atoms with Crippen LogP contribution in [0.25, 0.3) is 0 Å². The summed E-state index contributed by atoms with van der Waals surface area (Å²) in [6, 6.07) is 17.7. The molecule has 1 aliphatic carbocycles. The van der Waals surface area contributed by atoms with Crippen LogP contribution in [-0.4, -0.2) is 44.2 Å². The number of benzene rings is 2. The van der Waals surface area contributed by atoms with Crippen molar-refractivity contribution < 1.29 is 9.53 Å². The highest BCUT2D eigenvalue weighted by Gasteiger charge is 2.24. The van der Waals surface area contributed by atoms with Gasteiger partial charge in [0.15, 0.2) is 0 Å². The number of fused-ring (bicyclic) bond motifs is 1. The van der Waals surface area contributed by atoms with Crippen LogP contribution < -0.4 is 15.5 Å². The van der Waals surface area contributed by atoms with Gasteiger partial charge in [-0.15, -0.1) is 0 Å². The van der Waals surface area contributed by atoms with E-state index in [1.54, 1.807) is 0 Å². The second-order valence-corrected chi connectivity index (χ2v) is 9.48. The molecule has 1 atom stereocenters. The molecule has 0 spiro atoms. The molecule has 3 aliphatic rings. The Hall–Kier alpha value is -2.37. The number of nitrogens with one attached hydrogen (secondary N) is 2. The molecule has 2 N–H and O–H groups in total. The van der Waals surface area contributed by atoms with E-state index < -0.39 is 0 Å². The summed E-state index contributed by atoms with van der Waals surface area (Å²) < 4.78 is 6.05. The minimum absolute atomic E-state index is 0.0675. The van der Waals surface area contributed by atoms with Gasteiger partial charge in [0.1, 0.15) is 0 Å². The highest BCUT2D eigenvalue weighted by atomic mass is 16.5. The van der Waals surface area contributed by atoms with Crippen LogP contribution in [0.3, 0.4) is 0 Å². The summed E-state index contributed by atoms with van der Waals surface area (Å²) in [6.45, 7) is 3.77. The second-order valence-electron chi connectivity index (χ2n) is 9.48. The average Bonchev–Trinajstić information content (AvgIpc) is 3.36. The number of anilines is 1. The Labute approximate surface area is 191 Å². The van der Waals surface area contributed by atoms with Gasteiger partial charge in [-0.05, 0) is 67.5 Å². The number of hydrogen-bond acceptors (Lipinski definition) is 4. The normalized spacial score (nSPS) is 22.0. The SMILES string of the molecule is O=C(NC1CCCC1)c1ccc(N2CCC(NC[C@@H]3OCCc4ccccc43)CC2)cc1. The fourth-order valence-electron chi connectivity index (χ4n) is 5.42. The number of carbonyl (C=O) groups is 1. The van der Waals surface area contributed by atoms with Crippen molar-refractivity contribution in [3.05, 3.63) is 65.2 Å². The number of amides is 1. The summed E-state index contributed by atoms with van der Waals surface area (Å²) in [7, 11) is 0. The first kappa shape index (κ1) is 21.5. The zero-order valence-corrected chi connectivity index (χ0v) is 18.9. The molecule has 1 saturated heterocycles. The molecule has 1 amide bonds. The van der Waals surface area contributed by atoms with Crippen molar-refractivity contribution in [1.29, 1.82) is 0 Å². The van der Waals surface area contributed by atoms with Crippen LogP contribution in [0.2, 0.25) is 0 Å². The predicted molar refractivity (Wildman–Crippen MR) is 128 cm³/mol. The Kier molecular flexibility index (Phi) is 6.75. The maximum Gasteiger partial charge on any atom is 0.251 e. The van der Waals surface area contributed by atoms with Crippen LogP contribution >= 0.6 is 0 Å². The second kappa shape index (κ2) is 10.1. The van der Waals surface area contributed by atoms with E-state index in [9.17, 15) is 4.79 Å². The Morgan fingerprint density at radius 3 is 2.47 bits per heavy atom.